The van der Waals surface area contributed by atoms with Crippen LogP contribution in [0, 0.1) is 5.82 Å². The Bertz CT molecular complexity index is 485. The summed E-state index contributed by atoms with van der Waals surface area (Å²) in [7, 11) is 0. The van der Waals surface area contributed by atoms with Crippen molar-refractivity contribution in [3.05, 3.63) is 34.6 Å². The molecule has 0 bridgehead atoms. The van der Waals surface area contributed by atoms with E-state index in [-0.39, 0.29) is 29.0 Å². The zero-order valence-electron chi connectivity index (χ0n) is 12.5. The van der Waals surface area contributed by atoms with Gasteiger partial charge in [0.15, 0.2) is 0 Å². The van der Waals surface area contributed by atoms with Gasteiger partial charge in [0.05, 0.1) is 12.5 Å². The smallest absolute Gasteiger partial charge is 0.224 e. The molecule has 1 fully saturated rings. The molecule has 6 heteroatoms. The predicted octanol–water partition coefficient (Wildman–Crippen LogP) is 1.98. The number of carbonyl (C=O) groups is 1. The number of amides is 1. The molecule has 1 aromatic rings. The number of likely N-dealkylation sites (tertiary alicyclic amines) is 1. The number of halogens is 2. The van der Waals surface area contributed by atoms with Gasteiger partial charge < -0.3 is 15.3 Å². The molecule has 1 heterocycles. The summed E-state index contributed by atoms with van der Waals surface area (Å²) in [5, 5.41) is 12.5. The van der Waals surface area contributed by atoms with E-state index in [2.05, 4.69) is 10.2 Å². The number of piperidine rings is 1. The number of nitrogens with zero attached hydrogens (tertiary/aromatic N) is 1. The fraction of sp³-hybridized carbons (Fsp3) is 0.562. The lowest BCUT2D eigenvalue weighted by molar-refractivity contribution is -0.120. The Morgan fingerprint density at radius 1 is 1.41 bits per heavy atom. The van der Waals surface area contributed by atoms with Gasteiger partial charge in [0.1, 0.15) is 5.82 Å². The monoisotopic (exact) mass is 328 g/mol. The quantitative estimate of drug-likeness (QED) is 0.785. The van der Waals surface area contributed by atoms with Crippen molar-refractivity contribution in [2.45, 2.75) is 31.8 Å². The van der Waals surface area contributed by atoms with Gasteiger partial charge in [-0.05, 0) is 37.9 Å². The van der Waals surface area contributed by atoms with Crippen molar-refractivity contribution in [2.24, 2.45) is 0 Å². The first kappa shape index (κ1) is 17.2. The summed E-state index contributed by atoms with van der Waals surface area (Å²) in [6.45, 7) is 3.26. The summed E-state index contributed by atoms with van der Waals surface area (Å²) >= 11 is 5.90. The number of hydrogen-bond acceptors (Lipinski definition) is 3. The molecule has 0 atom stereocenters. The molecular formula is C16H22ClFN2O2. The van der Waals surface area contributed by atoms with Crippen LogP contribution < -0.4 is 5.32 Å². The fourth-order valence-electron chi connectivity index (χ4n) is 2.60. The third-order valence-electron chi connectivity index (χ3n) is 3.93. The van der Waals surface area contributed by atoms with Gasteiger partial charge >= 0.3 is 0 Å². The summed E-state index contributed by atoms with van der Waals surface area (Å²) in [6, 6.07) is 4.41. The molecule has 1 saturated heterocycles. The van der Waals surface area contributed by atoms with Crippen LogP contribution in [0.3, 0.4) is 0 Å². The first-order valence-corrected chi connectivity index (χ1v) is 8.04. The van der Waals surface area contributed by atoms with Gasteiger partial charge in [0.25, 0.3) is 0 Å². The second kappa shape index (κ2) is 8.46. The number of nitrogens with one attached hydrogen (secondary N) is 1. The summed E-state index contributed by atoms with van der Waals surface area (Å²) in [5.74, 6) is -0.671. The van der Waals surface area contributed by atoms with Crippen LogP contribution in [0.15, 0.2) is 18.2 Å². The minimum absolute atomic E-state index is 0.0403. The van der Waals surface area contributed by atoms with Crippen LogP contribution >= 0.6 is 11.6 Å². The molecule has 1 aliphatic rings. The number of aliphatic hydroxyl groups excluding tert-OH is 1. The molecule has 0 spiro atoms. The number of benzene rings is 1. The lowest BCUT2D eigenvalue weighted by Gasteiger charge is -2.29. The Kier molecular flexibility index (Phi) is 6.61. The van der Waals surface area contributed by atoms with Crippen molar-refractivity contribution in [1.29, 1.82) is 0 Å². The van der Waals surface area contributed by atoms with Crippen molar-refractivity contribution in [3.8, 4) is 0 Å². The first-order valence-electron chi connectivity index (χ1n) is 7.66. The summed E-state index contributed by atoms with van der Waals surface area (Å²) in [5.41, 5.74) is 0.242. The maximum atomic E-state index is 13.6. The zero-order valence-corrected chi connectivity index (χ0v) is 13.3. The van der Waals surface area contributed by atoms with Crippen LogP contribution in [0.5, 0.6) is 0 Å². The first-order chi connectivity index (χ1) is 10.6. The van der Waals surface area contributed by atoms with E-state index in [1.54, 1.807) is 6.07 Å². The Labute approximate surface area is 135 Å². The lowest BCUT2D eigenvalue weighted by Crippen LogP contribution is -2.37. The predicted molar refractivity (Wildman–Crippen MR) is 84.4 cm³/mol. The van der Waals surface area contributed by atoms with Gasteiger partial charge in [-0.3, -0.25) is 4.79 Å². The molecule has 0 aromatic heterocycles. The highest BCUT2D eigenvalue weighted by Gasteiger charge is 2.16. The highest BCUT2D eigenvalue weighted by atomic mass is 35.5. The minimum atomic E-state index is -0.450. The van der Waals surface area contributed by atoms with Gasteiger partial charge in [-0.1, -0.05) is 17.7 Å². The second-order valence-corrected chi connectivity index (χ2v) is 6.06. The molecular weight excluding hydrogens is 307 g/mol. The van der Waals surface area contributed by atoms with E-state index < -0.39 is 5.82 Å². The molecule has 1 aliphatic heterocycles. The van der Waals surface area contributed by atoms with Gasteiger partial charge in [-0.15, -0.1) is 0 Å². The molecule has 2 N–H and O–H groups in total. The molecule has 4 nitrogen and oxygen atoms in total. The van der Waals surface area contributed by atoms with E-state index in [0.29, 0.717) is 6.54 Å². The minimum Gasteiger partial charge on any atom is -0.393 e. The maximum Gasteiger partial charge on any atom is 0.224 e. The van der Waals surface area contributed by atoms with E-state index in [9.17, 15) is 14.3 Å². The van der Waals surface area contributed by atoms with Crippen molar-refractivity contribution in [3.63, 3.8) is 0 Å². The molecule has 122 valence electrons. The summed E-state index contributed by atoms with van der Waals surface area (Å²) in [6.07, 6.45) is 2.27. The molecule has 0 radical (unpaired) electrons. The standard InChI is InChI=1S/C16H22ClFN2O2/c17-14-3-1-4-15(18)13(14)11-16(22)19-7-2-8-20-9-5-12(21)6-10-20/h1,3-4,12,21H,2,5-11H2,(H,19,22). The maximum absolute atomic E-state index is 13.6. The van der Waals surface area contributed by atoms with E-state index in [1.807, 2.05) is 0 Å². The van der Waals surface area contributed by atoms with Gasteiger partial charge in [0.2, 0.25) is 5.91 Å². The fourth-order valence-corrected chi connectivity index (χ4v) is 2.83. The van der Waals surface area contributed by atoms with Crippen LogP contribution in [-0.2, 0) is 11.2 Å². The number of aliphatic hydroxyl groups is 1. The molecule has 1 aromatic carbocycles. The molecule has 0 unspecified atom stereocenters. The van der Waals surface area contributed by atoms with Crippen LogP contribution in [0.2, 0.25) is 5.02 Å². The summed E-state index contributed by atoms with van der Waals surface area (Å²) in [4.78, 5) is 14.1. The SMILES string of the molecule is O=C(Cc1c(F)cccc1Cl)NCCCN1CCC(O)CC1. The highest BCUT2D eigenvalue weighted by molar-refractivity contribution is 6.31. The third-order valence-corrected chi connectivity index (χ3v) is 4.28. The molecule has 22 heavy (non-hydrogen) atoms. The van der Waals surface area contributed by atoms with E-state index in [0.717, 1.165) is 38.9 Å². The van der Waals surface area contributed by atoms with E-state index in [1.165, 1.54) is 12.1 Å². The normalized spacial score (nSPS) is 16.7. The summed E-state index contributed by atoms with van der Waals surface area (Å²) < 4.78 is 13.6. The van der Waals surface area contributed by atoms with Gasteiger partial charge in [-0.2, -0.15) is 0 Å². The zero-order chi connectivity index (χ0) is 15.9. The lowest BCUT2D eigenvalue weighted by atomic mass is 10.1. The van der Waals surface area contributed by atoms with Crippen molar-refractivity contribution >= 4 is 17.5 Å². The van der Waals surface area contributed by atoms with E-state index >= 15 is 0 Å². The topological polar surface area (TPSA) is 52.6 Å². The third kappa shape index (κ3) is 5.23. The number of rotatable bonds is 6. The Balaban J connectivity index is 1.66. The van der Waals surface area contributed by atoms with Crippen LogP contribution in [0.1, 0.15) is 24.8 Å². The molecule has 2 rings (SSSR count). The van der Waals surface area contributed by atoms with Crippen LogP contribution in [-0.4, -0.2) is 48.2 Å². The molecule has 1 amide bonds. The average Bonchev–Trinajstić information content (AvgIpc) is 2.49. The van der Waals surface area contributed by atoms with Crippen LogP contribution in [0.25, 0.3) is 0 Å². The number of hydrogen-bond donors (Lipinski definition) is 2. The highest BCUT2D eigenvalue weighted by Crippen LogP contribution is 2.19. The second-order valence-electron chi connectivity index (χ2n) is 5.65. The average molecular weight is 329 g/mol. The van der Waals surface area contributed by atoms with Crippen molar-refractivity contribution < 1.29 is 14.3 Å². The Morgan fingerprint density at radius 2 is 2.14 bits per heavy atom. The number of carbonyl (C=O) groups excluding carboxylic acids is 1. The van der Waals surface area contributed by atoms with Crippen LogP contribution in [0.4, 0.5) is 4.39 Å². The Morgan fingerprint density at radius 3 is 2.82 bits per heavy atom. The van der Waals surface area contributed by atoms with Gasteiger partial charge in [0, 0.05) is 30.2 Å². The van der Waals surface area contributed by atoms with Gasteiger partial charge in [-0.25, -0.2) is 4.39 Å². The molecule has 0 aliphatic carbocycles. The molecule has 0 saturated carbocycles. The van der Waals surface area contributed by atoms with Crippen molar-refractivity contribution in [2.75, 3.05) is 26.2 Å². The van der Waals surface area contributed by atoms with Crippen molar-refractivity contribution in [1.82, 2.24) is 10.2 Å². The largest absolute Gasteiger partial charge is 0.393 e. The van der Waals surface area contributed by atoms with E-state index in [4.69, 9.17) is 11.6 Å². The Hall–Kier alpha value is -1.17.